The number of ether oxygens (including phenoxy) is 1. The molecule has 0 fully saturated rings. The van der Waals surface area contributed by atoms with E-state index in [1.54, 1.807) is 0 Å². The Morgan fingerprint density at radius 1 is 0.935 bits per heavy atom. The van der Waals surface area contributed by atoms with E-state index in [4.69, 9.17) is 9.84 Å². The summed E-state index contributed by atoms with van der Waals surface area (Å²) in [5.74, 6) is -1.75. The lowest BCUT2D eigenvalue weighted by molar-refractivity contribution is -0.141. The summed E-state index contributed by atoms with van der Waals surface area (Å²) in [5.41, 5.74) is 1.64. The molecule has 0 aromatic heterocycles. The fourth-order valence-electron chi connectivity index (χ4n) is 2.34. The first-order chi connectivity index (χ1) is 14.7. The van der Waals surface area contributed by atoms with Crippen molar-refractivity contribution in [2.45, 2.75) is 39.0 Å². The Morgan fingerprint density at radius 2 is 1.42 bits per heavy atom. The van der Waals surface area contributed by atoms with Crippen molar-refractivity contribution in [3.8, 4) is 0 Å². The van der Waals surface area contributed by atoms with Crippen LogP contribution in [-0.4, -0.2) is 39.9 Å². The summed E-state index contributed by atoms with van der Waals surface area (Å²) in [4.78, 5) is 44.9. The topological polar surface area (TPSA) is 122 Å². The van der Waals surface area contributed by atoms with Gasteiger partial charge in [0.25, 0.3) is 0 Å². The highest BCUT2D eigenvalue weighted by Gasteiger charge is 2.25. The zero-order valence-electron chi connectivity index (χ0n) is 17.2. The van der Waals surface area contributed by atoms with Crippen molar-refractivity contribution in [1.29, 1.82) is 0 Å². The lowest BCUT2D eigenvalue weighted by atomic mass is 10.1. The summed E-state index contributed by atoms with van der Waals surface area (Å²) >= 11 is 2.63. The molecule has 0 heterocycles. The molecule has 0 saturated heterocycles. The summed E-state index contributed by atoms with van der Waals surface area (Å²) < 4.78 is 5.13. The van der Waals surface area contributed by atoms with Crippen LogP contribution in [0, 0.1) is 0 Å². The maximum Gasteiger partial charge on any atom is 0.408 e. The van der Waals surface area contributed by atoms with Gasteiger partial charge in [-0.3, -0.25) is 14.4 Å². The van der Waals surface area contributed by atoms with E-state index >= 15 is 0 Å². The summed E-state index contributed by atoms with van der Waals surface area (Å²) in [6.45, 7) is 2.87. The standard InChI is InChI=1S/C20H22N2O5.C2H3BrO/c1-14(19(24)25)21-18(23)17(12-15-8-4-2-5-9-15)22-20(26)27-13-16-10-6-3-7-11-16;1-2(3)4/h2-11,14,17H,12-13H2,1H3,(H,21,23)(H,22,26)(H,24,25);1H3/t14-,17-;/m0./s1. The number of hydrogen-bond donors (Lipinski definition) is 3. The molecule has 0 unspecified atom stereocenters. The molecule has 0 bridgehead atoms. The van der Waals surface area contributed by atoms with E-state index in [1.807, 2.05) is 60.7 Å². The van der Waals surface area contributed by atoms with Gasteiger partial charge in [-0.15, -0.1) is 0 Å². The van der Waals surface area contributed by atoms with Gasteiger partial charge in [-0.2, -0.15) is 0 Å². The first-order valence-electron chi connectivity index (χ1n) is 9.39. The minimum Gasteiger partial charge on any atom is -0.480 e. The molecule has 2 aromatic rings. The molecule has 0 aliphatic heterocycles. The highest BCUT2D eigenvalue weighted by Crippen LogP contribution is 2.06. The second-order valence-electron chi connectivity index (χ2n) is 6.49. The Bertz CT molecular complexity index is 857. The van der Waals surface area contributed by atoms with Crippen molar-refractivity contribution in [3.63, 3.8) is 0 Å². The van der Waals surface area contributed by atoms with Crippen LogP contribution in [0.5, 0.6) is 0 Å². The SMILES string of the molecule is CC(=O)Br.C[C@H](NC(=O)[C@H](Cc1ccccc1)NC(=O)OCc1ccccc1)C(=O)O. The van der Waals surface area contributed by atoms with Crippen LogP contribution in [0.15, 0.2) is 60.7 Å². The molecular formula is C22H25BrN2O6. The fraction of sp³-hybridized carbons (Fsp3) is 0.273. The Hall–Kier alpha value is -3.20. The number of halogens is 1. The number of hydrogen-bond acceptors (Lipinski definition) is 5. The van der Waals surface area contributed by atoms with Gasteiger partial charge < -0.3 is 20.5 Å². The predicted octanol–water partition coefficient (Wildman–Crippen LogP) is 3.04. The van der Waals surface area contributed by atoms with Crippen LogP contribution in [-0.2, 0) is 32.1 Å². The second-order valence-corrected chi connectivity index (χ2v) is 7.60. The van der Waals surface area contributed by atoms with Gasteiger partial charge >= 0.3 is 12.1 Å². The van der Waals surface area contributed by atoms with Crippen LogP contribution in [0.3, 0.4) is 0 Å². The van der Waals surface area contributed by atoms with Crippen molar-refractivity contribution in [2.75, 3.05) is 0 Å². The number of nitrogens with one attached hydrogen (secondary N) is 2. The largest absolute Gasteiger partial charge is 0.480 e. The molecule has 0 aliphatic carbocycles. The number of carboxylic acid groups (broad SMARTS) is 1. The van der Waals surface area contributed by atoms with Gasteiger partial charge in [0.05, 0.1) is 0 Å². The first-order valence-corrected chi connectivity index (χ1v) is 10.2. The van der Waals surface area contributed by atoms with E-state index in [2.05, 4.69) is 26.6 Å². The number of carbonyl (C=O) groups is 4. The van der Waals surface area contributed by atoms with E-state index < -0.39 is 30.1 Å². The van der Waals surface area contributed by atoms with Gasteiger partial charge in [-0.1, -0.05) is 60.7 Å². The van der Waals surface area contributed by atoms with Crippen LogP contribution >= 0.6 is 15.9 Å². The van der Waals surface area contributed by atoms with Gasteiger partial charge in [0.15, 0.2) is 4.69 Å². The van der Waals surface area contributed by atoms with Crippen LogP contribution in [0.1, 0.15) is 25.0 Å². The van der Waals surface area contributed by atoms with Crippen LogP contribution in [0.2, 0.25) is 0 Å². The number of carboxylic acids is 1. The van der Waals surface area contributed by atoms with Gasteiger partial charge in [-0.05, 0) is 34.0 Å². The Labute approximate surface area is 189 Å². The molecular weight excluding hydrogens is 468 g/mol. The first kappa shape index (κ1) is 25.8. The molecule has 0 aliphatic rings. The predicted molar refractivity (Wildman–Crippen MR) is 119 cm³/mol. The van der Waals surface area contributed by atoms with Crippen LogP contribution in [0.25, 0.3) is 0 Å². The Morgan fingerprint density at radius 3 is 1.90 bits per heavy atom. The van der Waals surface area contributed by atoms with Gasteiger partial charge in [0, 0.05) is 13.3 Å². The van der Waals surface area contributed by atoms with E-state index in [0.29, 0.717) is 0 Å². The molecule has 0 spiro atoms. The summed E-state index contributed by atoms with van der Waals surface area (Å²) in [7, 11) is 0. The summed E-state index contributed by atoms with van der Waals surface area (Å²) in [6.07, 6.45) is -0.544. The maximum absolute atomic E-state index is 12.4. The maximum atomic E-state index is 12.4. The monoisotopic (exact) mass is 492 g/mol. The number of alkyl carbamates (subject to hydrolysis) is 1. The molecule has 3 N–H and O–H groups in total. The molecule has 31 heavy (non-hydrogen) atoms. The highest BCUT2D eigenvalue weighted by atomic mass is 79.9. The Kier molecular flexibility index (Phi) is 11.6. The lowest BCUT2D eigenvalue weighted by Gasteiger charge is -2.20. The zero-order valence-corrected chi connectivity index (χ0v) is 18.8. The van der Waals surface area contributed by atoms with Crippen molar-refractivity contribution in [1.82, 2.24) is 10.6 Å². The third kappa shape index (κ3) is 11.5. The third-order valence-electron chi connectivity index (χ3n) is 3.83. The van der Waals surface area contributed by atoms with E-state index in [-0.39, 0.29) is 17.7 Å². The number of rotatable bonds is 8. The average molecular weight is 493 g/mol. The smallest absolute Gasteiger partial charge is 0.408 e. The molecule has 2 aromatic carbocycles. The number of aliphatic carboxylic acids is 1. The van der Waals surface area contributed by atoms with E-state index in [9.17, 15) is 19.2 Å². The van der Waals surface area contributed by atoms with Gasteiger partial charge in [0.2, 0.25) is 5.91 Å². The second kappa shape index (κ2) is 13.9. The molecule has 8 nitrogen and oxygen atoms in total. The van der Waals surface area contributed by atoms with Crippen LogP contribution < -0.4 is 10.6 Å². The van der Waals surface area contributed by atoms with E-state index in [0.717, 1.165) is 11.1 Å². The van der Waals surface area contributed by atoms with Crippen molar-refractivity contribution in [3.05, 3.63) is 71.8 Å². The van der Waals surface area contributed by atoms with Gasteiger partial charge in [0.1, 0.15) is 18.7 Å². The minimum atomic E-state index is -1.16. The van der Waals surface area contributed by atoms with Gasteiger partial charge in [-0.25, -0.2) is 4.79 Å². The average Bonchev–Trinajstić information content (AvgIpc) is 2.72. The van der Waals surface area contributed by atoms with Crippen LogP contribution in [0.4, 0.5) is 4.79 Å². The minimum absolute atomic E-state index is 0.0208. The zero-order chi connectivity index (χ0) is 23.2. The fourth-order valence-corrected chi connectivity index (χ4v) is 2.34. The number of amides is 2. The molecule has 2 rings (SSSR count). The molecule has 2 atom stereocenters. The van der Waals surface area contributed by atoms with Crippen molar-refractivity contribution >= 4 is 38.6 Å². The molecule has 0 saturated carbocycles. The molecule has 0 radical (unpaired) electrons. The van der Waals surface area contributed by atoms with Crippen molar-refractivity contribution < 1.29 is 29.0 Å². The molecule has 166 valence electrons. The number of carbonyl (C=O) groups excluding carboxylic acids is 3. The summed E-state index contributed by atoms with van der Waals surface area (Å²) in [6, 6.07) is 16.2. The normalized spacial score (nSPS) is 11.7. The highest BCUT2D eigenvalue weighted by molar-refractivity contribution is 9.18. The van der Waals surface area contributed by atoms with E-state index in [1.165, 1.54) is 13.8 Å². The molecule has 2 amide bonds. The quantitative estimate of drug-likeness (QED) is 0.486. The lowest BCUT2D eigenvalue weighted by Crippen LogP contribution is -2.51. The number of benzene rings is 2. The molecule has 9 heteroatoms. The Balaban J connectivity index is 0.00000110. The third-order valence-corrected chi connectivity index (χ3v) is 3.83. The summed E-state index contributed by atoms with van der Waals surface area (Å²) in [5, 5.41) is 13.9. The van der Waals surface area contributed by atoms with Crippen molar-refractivity contribution in [2.24, 2.45) is 0 Å².